The number of nitrogens with one attached hydrogen (secondary N) is 2. The van der Waals surface area contributed by atoms with Crippen LogP contribution in [0.15, 0.2) is 97.7 Å². The van der Waals surface area contributed by atoms with Crippen LogP contribution in [0.2, 0.25) is 0 Å². The van der Waals surface area contributed by atoms with Crippen molar-refractivity contribution in [3.05, 3.63) is 109 Å². The highest BCUT2D eigenvalue weighted by Gasteiger charge is 2.39. The molecule has 0 radical (unpaired) electrons. The van der Waals surface area contributed by atoms with Crippen LogP contribution in [0, 0.1) is 0 Å². The summed E-state index contributed by atoms with van der Waals surface area (Å²) in [6.07, 6.45) is 9.54. The monoisotopic (exact) mass is 597 g/mol. The summed E-state index contributed by atoms with van der Waals surface area (Å²) in [5.74, 6) is 0.783. The molecule has 0 saturated carbocycles. The maximum absolute atomic E-state index is 15.6. The lowest BCUT2D eigenvalue weighted by atomic mass is 9.96. The number of amides is 1. The van der Waals surface area contributed by atoms with Gasteiger partial charge < -0.3 is 15.5 Å². The van der Waals surface area contributed by atoms with Crippen LogP contribution in [0.4, 0.5) is 26.0 Å². The van der Waals surface area contributed by atoms with Crippen molar-refractivity contribution >= 4 is 23.1 Å². The van der Waals surface area contributed by atoms with E-state index >= 15 is 8.78 Å². The summed E-state index contributed by atoms with van der Waals surface area (Å²) in [6, 6.07) is 11.2. The molecule has 1 fully saturated rings. The second-order valence-electron chi connectivity index (χ2n) is 11.5. The van der Waals surface area contributed by atoms with E-state index in [0.717, 1.165) is 35.3 Å². The molecule has 1 amide bonds. The number of aromatic nitrogens is 3. The van der Waals surface area contributed by atoms with Gasteiger partial charge in [-0.3, -0.25) is 9.69 Å². The zero-order chi connectivity index (χ0) is 31.0. The Bertz CT molecular complexity index is 1630. The molecule has 8 nitrogen and oxygen atoms in total. The Hall–Kier alpha value is -4.57. The van der Waals surface area contributed by atoms with E-state index in [1.165, 1.54) is 12.2 Å². The molecule has 4 heterocycles. The second kappa shape index (κ2) is 12.2. The first-order valence-electron chi connectivity index (χ1n) is 15.0. The summed E-state index contributed by atoms with van der Waals surface area (Å²) in [5.41, 5.74) is 3.73. The first kappa shape index (κ1) is 29.5. The maximum Gasteiger partial charge on any atom is 0.246 e. The Kier molecular flexibility index (Phi) is 8.18. The van der Waals surface area contributed by atoms with Crippen LogP contribution in [-0.4, -0.2) is 56.5 Å². The van der Waals surface area contributed by atoms with Crippen molar-refractivity contribution in [1.82, 2.24) is 25.0 Å². The SMILES string of the molecule is C=C/C=C(\C(F)=C/C)C1Nc2ccc(-n3cccn3)nc2N1c1ccc2c(c1)CC(F)C2NC1CCN(C(=O)C=C)C(C)C1. The third-order valence-electron chi connectivity index (χ3n) is 8.76. The first-order valence-corrected chi connectivity index (χ1v) is 15.0. The van der Waals surface area contributed by atoms with Crippen LogP contribution < -0.4 is 15.5 Å². The van der Waals surface area contributed by atoms with E-state index in [1.807, 2.05) is 59.3 Å². The van der Waals surface area contributed by atoms with Crippen LogP contribution in [0.3, 0.4) is 0 Å². The first-order chi connectivity index (χ1) is 21.3. The minimum atomic E-state index is -1.09. The van der Waals surface area contributed by atoms with Gasteiger partial charge in [0.25, 0.3) is 0 Å². The highest BCUT2D eigenvalue weighted by atomic mass is 19.1. The number of hydrogen-bond donors (Lipinski definition) is 2. The average molecular weight is 598 g/mol. The van der Waals surface area contributed by atoms with E-state index < -0.39 is 18.4 Å². The van der Waals surface area contributed by atoms with Gasteiger partial charge in [0.2, 0.25) is 5.91 Å². The fourth-order valence-corrected chi connectivity index (χ4v) is 6.65. The number of carbonyl (C=O) groups excluding carboxylic acids is 1. The molecule has 0 spiro atoms. The Morgan fingerprint density at radius 2 is 2.07 bits per heavy atom. The molecule has 3 aliphatic rings. The number of likely N-dealkylation sites (tertiary alicyclic amines) is 1. The van der Waals surface area contributed by atoms with Crippen molar-refractivity contribution in [2.45, 2.75) is 63.6 Å². The second-order valence-corrected chi connectivity index (χ2v) is 11.5. The summed E-state index contributed by atoms with van der Waals surface area (Å²) in [5, 5.41) is 11.3. The zero-order valence-electron chi connectivity index (χ0n) is 25.0. The molecule has 2 aliphatic heterocycles. The Morgan fingerprint density at radius 1 is 1.23 bits per heavy atom. The normalized spacial score (nSPS) is 25.0. The summed E-state index contributed by atoms with van der Waals surface area (Å²) in [7, 11) is 0. The molecule has 0 bridgehead atoms. The number of rotatable bonds is 8. The van der Waals surface area contributed by atoms with Crippen molar-refractivity contribution in [1.29, 1.82) is 0 Å². The largest absolute Gasteiger partial charge is 0.358 e. The Morgan fingerprint density at radius 3 is 2.77 bits per heavy atom. The molecule has 10 heteroatoms. The Labute approximate surface area is 256 Å². The van der Waals surface area contributed by atoms with E-state index in [2.05, 4.69) is 28.9 Å². The van der Waals surface area contributed by atoms with Crippen molar-refractivity contribution < 1.29 is 13.6 Å². The van der Waals surface area contributed by atoms with E-state index in [1.54, 1.807) is 30.0 Å². The zero-order valence-corrected chi connectivity index (χ0v) is 25.0. The van der Waals surface area contributed by atoms with Gasteiger partial charge in [0.05, 0.1) is 11.7 Å². The fourth-order valence-electron chi connectivity index (χ4n) is 6.65. The van der Waals surface area contributed by atoms with Gasteiger partial charge >= 0.3 is 0 Å². The van der Waals surface area contributed by atoms with Gasteiger partial charge in [-0.25, -0.2) is 18.4 Å². The highest BCUT2D eigenvalue weighted by Crippen LogP contribution is 2.45. The van der Waals surface area contributed by atoms with Gasteiger partial charge in [-0.05, 0) is 74.2 Å². The number of nitrogens with zero attached hydrogens (tertiary/aromatic N) is 5. The summed E-state index contributed by atoms with van der Waals surface area (Å²) < 4.78 is 32.6. The molecule has 44 heavy (non-hydrogen) atoms. The fraction of sp³-hybridized carbons (Fsp3) is 0.324. The molecule has 3 aromatic rings. The standard InChI is InChI=1S/C34H37F2N7O/c1-5-9-26(27(35)6-2)33-39-29-12-13-30(42-16-8-15-37-42)40-34(29)43(33)24-10-11-25-22(19-24)20-28(36)32(25)38-23-14-17-41(21(4)18-23)31(44)7-3/h5-13,15-16,19,21,23,28,32-33,38-39H,1,3,14,17-18,20H2,2,4H3/b26-9+,27-6+. The number of carbonyl (C=O) groups is 1. The van der Waals surface area contributed by atoms with Crippen LogP contribution >= 0.6 is 0 Å². The average Bonchev–Trinajstić information content (AvgIpc) is 3.76. The van der Waals surface area contributed by atoms with Crippen molar-refractivity contribution in [2.75, 3.05) is 16.8 Å². The van der Waals surface area contributed by atoms with E-state index in [4.69, 9.17) is 4.98 Å². The Balaban J connectivity index is 1.32. The van der Waals surface area contributed by atoms with Gasteiger partial charge in [0, 0.05) is 48.7 Å². The van der Waals surface area contributed by atoms with Gasteiger partial charge in [-0.15, -0.1) is 0 Å². The van der Waals surface area contributed by atoms with Gasteiger partial charge in [-0.1, -0.05) is 37.5 Å². The van der Waals surface area contributed by atoms with E-state index in [-0.39, 0.29) is 30.2 Å². The number of piperidine rings is 1. The minimum Gasteiger partial charge on any atom is -0.358 e. The van der Waals surface area contributed by atoms with Crippen LogP contribution in [0.1, 0.15) is 43.9 Å². The number of alkyl halides is 1. The van der Waals surface area contributed by atoms with Crippen LogP contribution in [0.25, 0.3) is 5.82 Å². The molecule has 1 saturated heterocycles. The lowest BCUT2D eigenvalue weighted by molar-refractivity contribution is -0.129. The minimum absolute atomic E-state index is 0.0437. The number of fused-ring (bicyclic) bond motifs is 2. The lowest BCUT2D eigenvalue weighted by Gasteiger charge is -2.39. The predicted molar refractivity (Wildman–Crippen MR) is 169 cm³/mol. The maximum atomic E-state index is 15.6. The van der Waals surface area contributed by atoms with Crippen molar-refractivity contribution in [3.8, 4) is 5.82 Å². The van der Waals surface area contributed by atoms with Gasteiger partial charge in [0.15, 0.2) is 11.6 Å². The molecule has 1 aliphatic carbocycles. The third-order valence-corrected chi connectivity index (χ3v) is 8.76. The number of anilines is 3. The number of hydrogen-bond acceptors (Lipinski definition) is 6. The van der Waals surface area contributed by atoms with E-state index in [0.29, 0.717) is 23.8 Å². The predicted octanol–water partition coefficient (Wildman–Crippen LogP) is 6.23. The summed E-state index contributed by atoms with van der Waals surface area (Å²) in [6.45, 7) is 11.7. The number of pyridine rings is 1. The van der Waals surface area contributed by atoms with E-state index in [9.17, 15) is 4.79 Å². The number of allylic oxidation sites excluding steroid dienone is 3. The molecule has 5 atom stereocenters. The quantitative estimate of drug-likeness (QED) is 0.237. The number of benzene rings is 1. The summed E-state index contributed by atoms with van der Waals surface area (Å²) in [4.78, 5) is 20.9. The molecule has 1 aromatic carbocycles. The molecular weight excluding hydrogens is 560 g/mol. The molecule has 2 N–H and O–H groups in total. The van der Waals surface area contributed by atoms with Crippen LogP contribution in [-0.2, 0) is 11.2 Å². The van der Waals surface area contributed by atoms with Gasteiger partial charge in [-0.2, -0.15) is 5.10 Å². The topological polar surface area (TPSA) is 78.3 Å². The molecule has 6 rings (SSSR count). The number of halogens is 2. The molecule has 2 aromatic heterocycles. The van der Waals surface area contributed by atoms with Gasteiger partial charge in [0.1, 0.15) is 18.2 Å². The van der Waals surface area contributed by atoms with Crippen LogP contribution in [0.5, 0.6) is 0 Å². The van der Waals surface area contributed by atoms with Crippen molar-refractivity contribution in [3.63, 3.8) is 0 Å². The molecule has 5 unspecified atom stereocenters. The summed E-state index contributed by atoms with van der Waals surface area (Å²) >= 11 is 0. The third kappa shape index (κ3) is 5.34. The smallest absolute Gasteiger partial charge is 0.246 e. The molecule has 228 valence electrons. The van der Waals surface area contributed by atoms with Crippen molar-refractivity contribution in [2.24, 2.45) is 0 Å². The molecular formula is C34H37F2N7O. The lowest BCUT2D eigenvalue weighted by Crippen LogP contribution is -2.50. The highest BCUT2D eigenvalue weighted by molar-refractivity contribution is 5.87.